The number of amides is 1. The smallest absolute Gasteiger partial charge is 0.257 e. The average Bonchev–Trinajstić information content (AvgIpc) is 2.99. The van der Waals surface area contributed by atoms with E-state index in [0.29, 0.717) is 6.54 Å². The first-order chi connectivity index (χ1) is 10.3. The number of halogens is 1. The second-order valence-corrected chi connectivity index (χ2v) is 6.14. The van der Waals surface area contributed by atoms with Gasteiger partial charge in [-0.25, -0.2) is 4.39 Å². The van der Waals surface area contributed by atoms with Gasteiger partial charge in [-0.15, -0.1) is 0 Å². The highest BCUT2D eigenvalue weighted by molar-refractivity contribution is 7.98. The quantitative estimate of drug-likeness (QED) is 0.757. The third-order valence-corrected chi connectivity index (χ3v) is 4.38. The molecule has 0 fully saturated rings. The molecule has 3 nitrogen and oxygen atoms in total. The molecule has 0 aliphatic carbocycles. The summed E-state index contributed by atoms with van der Waals surface area (Å²) in [5.74, 6) is 1.18. The van der Waals surface area contributed by atoms with Crippen LogP contribution in [0, 0.1) is 5.82 Å². The van der Waals surface area contributed by atoms with Crippen molar-refractivity contribution in [3.63, 3.8) is 0 Å². The van der Waals surface area contributed by atoms with Crippen molar-refractivity contribution < 1.29 is 13.9 Å². The molecule has 0 aliphatic heterocycles. The van der Waals surface area contributed by atoms with Gasteiger partial charge in [0.1, 0.15) is 0 Å². The van der Waals surface area contributed by atoms with Gasteiger partial charge in [0.05, 0.1) is 0 Å². The van der Waals surface area contributed by atoms with Crippen molar-refractivity contribution in [2.24, 2.45) is 0 Å². The Balaban J connectivity index is 1.56. The Labute approximate surface area is 131 Å². The molecule has 0 saturated carbocycles. The van der Waals surface area contributed by atoms with Gasteiger partial charge in [-0.1, -0.05) is 12.1 Å². The van der Waals surface area contributed by atoms with E-state index in [4.69, 9.17) is 4.74 Å². The summed E-state index contributed by atoms with van der Waals surface area (Å²) in [6.45, 7) is 0.407. The molecule has 2 rings (SSSR count). The number of carbonyl (C=O) groups is 1. The van der Waals surface area contributed by atoms with Crippen LogP contribution in [-0.2, 0) is 10.5 Å². The first-order valence-electron chi connectivity index (χ1n) is 6.48. The van der Waals surface area contributed by atoms with E-state index in [9.17, 15) is 9.18 Å². The number of hydrogen-bond donors (Lipinski definition) is 1. The maximum absolute atomic E-state index is 13.3. The minimum absolute atomic E-state index is 0.0967. The SMILES string of the molecule is O=C(COc1ccccc1F)NCCSCc1ccsc1. The van der Waals surface area contributed by atoms with Crippen molar-refractivity contribution in [1.82, 2.24) is 5.32 Å². The zero-order chi connectivity index (χ0) is 14.9. The molecule has 0 aliphatic rings. The lowest BCUT2D eigenvalue weighted by molar-refractivity contribution is -0.123. The normalized spacial score (nSPS) is 10.3. The summed E-state index contributed by atoms with van der Waals surface area (Å²) in [6, 6.07) is 8.14. The Kier molecular flexibility index (Phi) is 6.56. The Morgan fingerprint density at radius 2 is 2.19 bits per heavy atom. The van der Waals surface area contributed by atoms with E-state index >= 15 is 0 Å². The highest BCUT2D eigenvalue weighted by Crippen LogP contribution is 2.15. The van der Waals surface area contributed by atoms with Gasteiger partial charge in [-0.2, -0.15) is 23.1 Å². The number of rotatable bonds is 8. The van der Waals surface area contributed by atoms with Crippen molar-refractivity contribution >= 4 is 29.0 Å². The number of benzene rings is 1. The highest BCUT2D eigenvalue weighted by atomic mass is 32.2. The van der Waals surface area contributed by atoms with E-state index in [1.54, 1.807) is 35.2 Å². The second kappa shape index (κ2) is 8.69. The van der Waals surface area contributed by atoms with Crippen LogP contribution in [0.15, 0.2) is 41.1 Å². The summed E-state index contributed by atoms with van der Waals surface area (Å²) in [5, 5.41) is 6.92. The Morgan fingerprint density at radius 3 is 2.95 bits per heavy atom. The van der Waals surface area contributed by atoms with Crippen LogP contribution >= 0.6 is 23.1 Å². The van der Waals surface area contributed by atoms with Gasteiger partial charge in [0.25, 0.3) is 5.91 Å². The second-order valence-electron chi connectivity index (χ2n) is 4.25. The summed E-state index contributed by atoms with van der Waals surface area (Å²) in [6.07, 6.45) is 0. The highest BCUT2D eigenvalue weighted by Gasteiger charge is 2.05. The Hall–Kier alpha value is -1.53. The summed E-state index contributed by atoms with van der Waals surface area (Å²) in [5.41, 5.74) is 1.30. The molecule has 0 spiro atoms. The lowest BCUT2D eigenvalue weighted by Crippen LogP contribution is -2.30. The van der Waals surface area contributed by atoms with E-state index in [-0.39, 0.29) is 18.3 Å². The molecule has 0 atom stereocenters. The van der Waals surface area contributed by atoms with Gasteiger partial charge >= 0.3 is 0 Å². The molecule has 112 valence electrons. The van der Waals surface area contributed by atoms with Crippen LogP contribution in [0.4, 0.5) is 4.39 Å². The molecule has 0 radical (unpaired) electrons. The average molecular weight is 325 g/mol. The molecule has 1 amide bonds. The van der Waals surface area contributed by atoms with Crippen molar-refractivity contribution in [3.05, 3.63) is 52.5 Å². The molecular formula is C15H16FNO2S2. The summed E-state index contributed by atoms with van der Waals surface area (Å²) in [4.78, 5) is 11.6. The number of para-hydroxylation sites is 1. The van der Waals surface area contributed by atoms with Crippen molar-refractivity contribution in [1.29, 1.82) is 0 Å². The van der Waals surface area contributed by atoms with Gasteiger partial charge in [0.15, 0.2) is 18.2 Å². The van der Waals surface area contributed by atoms with Crippen molar-refractivity contribution in [2.45, 2.75) is 5.75 Å². The van der Waals surface area contributed by atoms with Gasteiger partial charge in [0.2, 0.25) is 0 Å². The van der Waals surface area contributed by atoms with Gasteiger partial charge < -0.3 is 10.1 Å². The predicted molar refractivity (Wildman–Crippen MR) is 85.4 cm³/mol. The van der Waals surface area contributed by atoms with E-state index in [1.165, 1.54) is 17.7 Å². The largest absolute Gasteiger partial charge is 0.481 e. The van der Waals surface area contributed by atoms with Crippen LogP contribution in [0.25, 0.3) is 0 Å². The molecule has 0 saturated heterocycles. The molecule has 1 aromatic heterocycles. The minimum atomic E-state index is -0.461. The van der Waals surface area contributed by atoms with E-state index in [1.807, 2.05) is 0 Å². The Bertz CT molecular complexity index is 561. The van der Waals surface area contributed by atoms with E-state index in [2.05, 4.69) is 22.1 Å². The lowest BCUT2D eigenvalue weighted by Gasteiger charge is -2.07. The van der Waals surface area contributed by atoms with Gasteiger partial charge in [0, 0.05) is 18.1 Å². The summed E-state index contributed by atoms with van der Waals surface area (Å²) >= 11 is 3.44. The zero-order valence-electron chi connectivity index (χ0n) is 11.4. The molecule has 1 N–H and O–H groups in total. The molecule has 1 aromatic carbocycles. The predicted octanol–water partition coefficient (Wildman–Crippen LogP) is 3.32. The topological polar surface area (TPSA) is 38.3 Å². The third kappa shape index (κ3) is 5.77. The standard InChI is InChI=1S/C15H16FNO2S2/c16-13-3-1-2-4-14(13)19-9-15(18)17-6-8-21-11-12-5-7-20-10-12/h1-5,7,10H,6,8-9,11H2,(H,17,18). The minimum Gasteiger partial charge on any atom is -0.481 e. The molecule has 1 heterocycles. The maximum atomic E-state index is 13.3. The lowest BCUT2D eigenvalue weighted by atomic mass is 10.3. The van der Waals surface area contributed by atoms with Crippen LogP contribution < -0.4 is 10.1 Å². The van der Waals surface area contributed by atoms with Crippen LogP contribution in [0.3, 0.4) is 0 Å². The van der Waals surface area contributed by atoms with Gasteiger partial charge in [-0.3, -0.25) is 4.79 Å². The molecule has 0 bridgehead atoms. The van der Waals surface area contributed by atoms with Crippen LogP contribution in [-0.4, -0.2) is 24.8 Å². The first kappa shape index (κ1) is 15.9. The van der Waals surface area contributed by atoms with Crippen LogP contribution in [0.5, 0.6) is 5.75 Å². The van der Waals surface area contributed by atoms with Crippen LogP contribution in [0.2, 0.25) is 0 Å². The van der Waals surface area contributed by atoms with E-state index < -0.39 is 5.82 Å². The molecule has 0 unspecified atom stereocenters. The fourth-order valence-corrected chi connectivity index (χ4v) is 3.16. The first-order valence-corrected chi connectivity index (χ1v) is 8.58. The molecule has 21 heavy (non-hydrogen) atoms. The monoisotopic (exact) mass is 325 g/mol. The Morgan fingerprint density at radius 1 is 1.33 bits per heavy atom. The number of nitrogens with one attached hydrogen (secondary N) is 1. The number of ether oxygens (including phenoxy) is 1. The maximum Gasteiger partial charge on any atom is 0.257 e. The summed E-state index contributed by atoms with van der Waals surface area (Å²) < 4.78 is 18.4. The number of thiophene rings is 1. The van der Waals surface area contributed by atoms with Crippen LogP contribution in [0.1, 0.15) is 5.56 Å². The third-order valence-electron chi connectivity index (χ3n) is 2.61. The van der Waals surface area contributed by atoms with E-state index in [0.717, 1.165) is 11.5 Å². The number of thioether (sulfide) groups is 1. The summed E-state index contributed by atoms with van der Waals surface area (Å²) in [7, 11) is 0. The fraction of sp³-hybridized carbons (Fsp3) is 0.267. The molecular weight excluding hydrogens is 309 g/mol. The number of carbonyl (C=O) groups excluding carboxylic acids is 1. The van der Waals surface area contributed by atoms with Crippen molar-refractivity contribution in [3.8, 4) is 5.75 Å². The molecule has 2 aromatic rings. The number of hydrogen-bond acceptors (Lipinski definition) is 4. The van der Waals surface area contributed by atoms with Crippen molar-refractivity contribution in [2.75, 3.05) is 18.9 Å². The van der Waals surface area contributed by atoms with Gasteiger partial charge in [-0.05, 0) is 34.5 Å². The zero-order valence-corrected chi connectivity index (χ0v) is 13.0. The fourth-order valence-electron chi connectivity index (χ4n) is 1.58. The molecule has 6 heteroatoms.